The Morgan fingerprint density at radius 3 is 2.55 bits per heavy atom. The molecule has 4 aromatic rings. The molecule has 2 aromatic heterocycles. The number of H-pyrrole nitrogens is 1. The molecule has 1 N–H and O–H groups in total. The number of ether oxygens (including phenoxy) is 5. The molecule has 1 aliphatic heterocycles. The summed E-state index contributed by atoms with van der Waals surface area (Å²) in [6.07, 6.45) is 7.00. The largest absolute Gasteiger partial charge is 0.493 e. The smallest absolute Gasteiger partial charge is 0.277 e. The van der Waals surface area contributed by atoms with Gasteiger partial charge in [-0.1, -0.05) is 25.7 Å². The van der Waals surface area contributed by atoms with E-state index in [1.165, 1.54) is 36.4 Å². The zero-order chi connectivity index (χ0) is 34.5. The Morgan fingerprint density at radius 1 is 1.04 bits per heavy atom. The van der Waals surface area contributed by atoms with E-state index >= 15 is 0 Å². The number of nitrogens with one attached hydrogen (secondary N) is 1. The van der Waals surface area contributed by atoms with E-state index in [4.69, 9.17) is 33.8 Å². The van der Waals surface area contributed by atoms with Crippen molar-refractivity contribution in [2.24, 2.45) is 0 Å². The average molecular weight is 696 g/mol. The van der Waals surface area contributed by atoms with Gasteiger partial charge in [-0.2, -0.15) is 4.31 Å². The molecule has 6 rings (SSSR count). The van der Waals surface area contributed by atoms with E-state index in [0.717, 1.165) is 31.5 Å². The van der Waals surface area contributed by atoms with Gasteiger partial charge >= 0.3 is 0 Å². The summed E-state index contributed by atoms with van der Waals surface area (Å²) >= 11 is 0. The van der Waals surface area contributed by atoms with Gasteiger partial charge < -0.3 is 28.7 Å². The predicted octanol–water partition coefficient (Wildman–Crippen LogP) is 5.24. The summed E-state index contributed by atoms with van der Waals surface area (Å²) in [6.45, 7) is 5.39. The van der Waals surface area contributed by atoms with E-state index in [1.807, 2.05) is 13.8 Å². The second kappa shape index (κ2) is 15.2. The third-order valence-corrected chi connectivity index (χ3v) is 10.9. The first kappa shape index (κ1) is 34.7. The third-order valence-electron chi connectivity index (χ3n) is 9.07. The maximum atomic E-state index is 14.5. The Hall–Kier alpha value is -4.14. The minimum Gasteiger partial charge on any atom is -0.493 e. The van der Waals surface area contributed by atoms with E-state index in [0.29, 0.717) is 78.2 Å². The lowest BCUT2D eigenvalue weighted by Crippen LogP contribution is -2.32. The minimum absolute atomic E-state index is 0.0291. The van der Waals surface area contributed by atoms with Crippen LogP contribution in [0.25, 0.3) is 16.9 Å². The van der Waals surface area contributed by atoms with Crippen LogP contribution in [0, 0.1) is 6.92 Å². The molecular formula is C35H45N5O8S. The van der Waals surface area contributed by atoms with Gasteiger partial charge in [-0.15, -0.1) is 5.10 Å². The van der Waals surface area contributed by atoms with Gasteiger partial charge in [0.15, 0.2) is 22.8 Å². The second-order valence-electron chi connectivity index (χ2n) is 12.4. The molecule has 1 fully saturated rings. The molecule has 0 saturated heterocycles. The molecule has 3 heterocycles. The topological polar surface area (TPSA) is 147 Å². The molecule has 0 bridgehead atoms. The van der Waals surface area contributed by atoms with Crippen LogP contribution in [-0.2, 0) is 21.3 Å². The highest BCUT2D eigenvalue weighted by Crippen LogP contribution is 2.41. The van der Waals surface area contributed by atoms with Crippen molar-refractivity contribution >= 4 is 15.5 Å². The molecule has 1 saturated carbocycles. The first-order chi connectivity index (χ1) is 23.7. The Bertz CT molecular complexity index is 1930. The number of rotatable bonds is 13. The maximum absolute atomic E-state index is 14.5. The molecule has 13 nitrogen and oxygen atoms in total. The number of benzene rings is 2. The van der Waals surface area contributed by atoms with Crippen LogP contribution in [-0.4, -0.2) is 79.5 Å². The van der Waals surface area contributed by atoms with Crippen molar-refractivity contribution in [2.45, 2.75) is 76.2 Å². The van der Waals surface area contributed by atoms with Crippen molar-refractivity contribution in [2.75, 3.05) is 47.2 Å². The maximum Gasteiger partial charge on any atom is 0.277 e. The van der Waals surface area contributed by atoms with Gasteiger partial charge in [-0.05, 0) is 69.0 Å². The zero-order valence-corrected chi connectivity index (χ0v) is 29.4. The van der Waals surface area contributed by atoms with Crippen LogP contribution in [0.3, 0.4) is 0 Å². The molecule has 2 aromatic carbocycles. The van der Waals surface area contributed by atoms with Crippen LogP contribution < -0.4 is 24.5 Å². The Balaban J connectivity index is 1.42. The van der Waals surface area contributed by atoms with E-state index in [9.17, 15) is 13.2 Å². The monoisotopic (exact) mass is 695 g/mol. The van der Waals surface area contributed by atoms with Crippen molar-refractivity contribution in [1.29, 1.82) is 0 Å². The molecule has 14 heteroatoms. The standard InChI is InChI=1S/C35H45N5O8S/c1-5-46-28-14-13-26(21-27(28)33-37-35(41)31-23(2)36-34(40(31)38-33)25-11-8-6-7-9-12-25)49(42,43)39(15-10-16-44-3)22-24-19-29(45-4)32-30(20-24)47-17-18-48-32/h13-14,19-21,25H,5-12,15-18,22H2,1-4H3,(H,37,38,41). The lowest BCUT2D eigenvalue weighted by Gasteiger charge is -2.25. The van der Waals surface area contributed by atoms with E-state index in [2.05, 4.69) is 4.98 Å². The van der Waals surface area contributed by atoms with Gasteiger partial charge in [0.05, 0.1) is 29.9 Å². The number of methoxy groups -OCH3 is 2. The van der Waals surface area contributed by atoms with Crippen molar-refractivity contribution < 1.29 is 32.1 Å². The van der Waals surface area contributed by atoms with E-state index < -0.39 is 10.0 Å². The lowest BCUT2D eigenvalue weighted by molar-refractivity contribution is 0.164. The van der Waals surface area contributed by atoms with Crippen LogP contribution in [0.1, 0.15) is 74.9 Å². The quantitative estimate of drug-likeness (QED) is 0.146. The fourth-order valence-electron chi connectivity index (χ4n) is 6.69. The number of nitrogens with zero attached hydrogens (tertiary/aromatic N) is 4. The number of aromatic nitrogens is 4. The lowest BCUT2D eigenvalue weighted by atomic mass is 10.00. The van der Waals surface area contributed by atoms with E-state index in [-0.39, 0.29) is 35.3 Å². The normalized spacial score (nSPS) is 15.4. The molecule has 0 radical (unpaired) electrons. The number of aromatic amines is 1. The number of hydrogen-bond donors (Lipinski definition) is 1. The summed E-state index contributed by atoms with van der Waals surface area (Å²) in [5.74, 6) is 3.02. The zero-order valence-electron chi connectivity index (χ0n) is 28.6. The SMILES string of the molecule is CCOc1ccc(S(=O)(=O)N(CCCOC)Cc2cc(OC)c3c(c2)OCCO3)cc1-c1nn2c(C3CCCCCC3)nc(C)c2c(=O)[nH]1. The molecule has 2 aliphatic rings. The van der Waals surface area contributed by atoms with Gasteiger partial charge in [0.2, 0.25) is 15.8 Å². The molecular weight excluding hydrogens is 650 g/mol. The number of aryl methyl sites for hydroxylation is 1. The van der Waals surface area contributed by atoms with Crippen LogP contribution in [0.2, 0.25) is 0 Å². The average Bonchev–Trinajstić information content (AvgIpc) is 3.24. The van der Waals surface area contributed by atoms with Gasteiger partial charge in [-0.25, -0.2) is 17.9 Å². The number of fused-ring (bicyclic) bond motifs is 2. The summed E-state index contributed by atoms with van der Waals surface area (Å²) in [6, 6.07) is 8.20. The van der Waals surface area contributed by atoms with Gasteiger partial charge in [0, 0.05) is 32.7 Å². The predicted molar refractivity (Wildman–Crippen MR) is 183 cm³/mol. The van der Waals surface area contributed by atoms with Gasteiger partial charge in [0.25, 0.3) is 5.56 Å². The highest BCUT2D eigenvalue weighted by Gasteiger charge is 2.29. The minimum atomic E-state index is -4.09. The third kappa shape index (κ3) is 7.26. The summed E-state index contributed by atoms with van der Waals surface area (Å²) in [5, 5.41) is 4.89. The highest BCUT2D eigenvalue weighted by molar-refractivity contribution is 7.89. The van der Waals surface area contributed by atoms with E-state index in [1.54, 1.807) is 29.8 Å². The summed E-state index contributed by atoms with van der Waals surface area (Å²) < 4.78 is 60.3. The number of sulfonamides is 1. The van der Waals surface area contributed by atoms with Crippen molar-refractivity contribution in [3.8, 4) is 34.4 Å². The molecule has 0 amide bonds. The number of imidazole rings is 1. The first-order valence-corrected chi connectivity index (χ1v) is 18.4. The number of hydrogen-bond acceptors (Lipinski definition) is 10. The summed E-state index contributed by atoms with van der Waals surface area (Å²) in [7, 11) is -0.976. The Kier molecular flexibility index (Phi) is 10.8. The molecule has 0 spiro atoms. The second-order valence-corrected chi connectivity index (χ2v) is 14.3. The summed E-state index contributed by atoms with van der Waals surface area (Å²) in [5.41, 5.74) is 1.69. The van der Waals surface area contributed by atoms with Crippen LogP contribution >= 0.6 is 0 Å². The van der Waals surface area contributed by atoms with Crippen molar-refractivity contribution in [1.82, 2.24) is 23.9 Å². The Morgan fingerprint density at radius 2 is 1.82 bits per heavy atom. The highest BCUT2D eigenvalue weighted by atomic mass is 32.2. The fourth-order valence-corrected chi connectivity index (χ4v) is 8.19. The van der Waals surface area contributed by atoms with Crippen molar-refractivity contribution in [3.63, 3.8) is 0 Å². The van der Waals surface area contributed by atoms with Crippen molar-refractivity contribution in [3.05, 3.63) is 57.8 Å². The van der Waals surface area contributed by atoms with Crippen LogP contribution in [0.15, 0.2) is 40.0 Å². The Labute approximate surface area is 286 Å². The fraction of sp³-hybridized carbons (Fsp3) is 0.514. The van der Waals surface area contributed by atoms with Crippen LogP contribution in [0.4, 0.5) is 0 Å². The molecule has 49 heavy (non-hydrogen) atoms. The molecule has 1 aliphatic carbocycles. The molecule has 0 atom stereocenters. The molecule has 264 valence electrons. The van der Waals surface area contributed by atoms with Gasteiger partial charge in [-0.3, -0.25) is 4.79 Å². The molecule has 0 unspecified atom stereocenters. The first-order valence-electron chi connectivity index (χ1n) is 17.0. The van der Waals surface area contributed by atoms with Gasteiger partial charge in [0.1, 0.15) is 24.8 Å². The summed E-state index contributed by atoms with van der Waals surface area (Å²) in [4.78, 5) is 21.3. The van der Waals surface area contributed by atoms with Crippen LogP contribution in [0.5, 0.6) is 23.0 Å².